The molecule has 20 heavy (non-hydrogen) atoms. The molecule has 0 bridgehead atoms. The topological polar surface area (TPSA) is 71.2 Å². The third kappa shape index (κ3) is 1.92. The second-order valence-electron chi connectivity index (χ2n) is 4.90. The molecule has 1 amide bonds. The summed E-state index contributed by atoms with van der Waals surface area (Å²) < 4.78 is 0. The number of nitrogen functional groups attached to an aromatic ring is 1. The predicted octanol–water partition coefficient (Wildman–Crippen LogP) is 1.96. The molecule has 0 radical (unpaired) electrons. The third-order valence-electron chi connectivity index (χ3n) is 3.60. The predicted molar refractivity (Wildman–Crippen MR) is 78.5 cm³/mol. The van der Waals surface area contributed by atoms with Crippen LogP contribution in [0.4, 0.5) is 11.5 Å². The SMILES string of the molecule is CC1Cc2ccccc2N1C(=O)c1cccnc1NN. The number of benzene rings is 1. The van der Waals surface area contributed by atoms with Crippen molar-refractivity contribution in [3.05, 3.63) is 53.7 Å². The number of nitrogens with zero attached hydrogens (tertiary/aromatic N) is 2. The van der Waals surface area contributed by atoms with Crippen molar-refractivity contribution in [1.29, 1.82) is 0 Å². The third-order valence-corrected chi connectivity index (χ3v) is 3.60. The molecule has 0 fully saturated rings. The van der Waals surface area contributed by atoms with Gasteiger partial charge >= 0.3 is 0 Å². The maximum absolute atomic E-state index is 12.8. The Balaban J connectivity index is 2.03. The molecule has 0 saturated heterocycles. The van der Waals surface area contributed by atoms with Crippen LogP contribution in [0.25, 0.3) is 0 Å². The first-order chi connectivity index (χ1) is 9.72. The lowest BCUT2D eigenvalue weighted by atomic mass is 10.1. The molecule has 3 N–H and O–H groups in total. The average Bonchev–Trinajstić information content (AvgIpc) is 2.82. The zero-order chi connectivity index (χ0) is 14.1. The van der Waals surface area contributed by atoms with E-state index < -0.39 is 0 Å². The molecule has 1 aliphatic rings. The zero-order valence-corrected chi connectivity index (χ0v) is 11.2. The van der Waals surface area contributed by atoms with E-state index in [9.17, 15) is 4.79 Å². The van der Waals surface area contributed by atoms with Crippen molar-refractivity contribution in [2.45, 2.75) is 19.4 Å². The maximum atomic E-state index is 12.8. The number of amides is 1. The van der Waals surface area contributed by atoms with Crippen LogP contribution in [0.3, 0.4) is 0 Å². The van der Waals surface area contributed by atoms with Gasteiger partial charge in [0, 0.05) is 17.9 Å². The van der Waals surface area contributed by atoms with E-state index in [0.717, 1.165) is 12.1 Å². The number of hydrogen-bond acceptors (Lipinski definition) is 4. The van der Waals surface area contributed by atoms with Gasteiger partial charge in [0.2, 0.25) is 0 Å². The number of rotatable bonds is 2. The largest absolute Gasteiger partial charge is 0.308 e. The van der Waals surface area contributed by atoms with E-state index >= 15 is 0 Å². The number of hydrazine groups is 1. The van der Waals surface area contributed by atoms with Crippen molar-refractivity contribution >= 4 is 17.4 Å². The van der Waals surface area contributed by atoms with Gasteiger partial charge in [0.25, 0.3) is 5.91 Å². The summed E-state index contributed by atoms with van der Waals surface area (Å²) in [6, 6.07) is 11.6. The molecule has 5 nitrogen and oxygen atoms in total. The van der Waals surface area contributed by atoms with E-state index in [-0.39, 0.29) is 11.9 Å². The number of carbonyl (C=O) groups is 1. The molecule has 1 atom stereocenters. The Kier molecular flexibility index (Phi) is 3.12. The van der Waals surface area contributed by atoms with E-state index in [1.165, 1.54) is 5.56 Å². The lowest BCUT2D eigenvalue weighted by molar-refractivity contribution is 0.0982. The quantitative estimate of drug-likeness (QED) is 0.645. The fraction of sp³-hybridized carbons (Fsp3) is 0.200. The summed E-state index contributed by atoms with van der Waals surface area (Å²) in [6.07, 6.45) is 2.47. The van der Waals surface area contributed by atoms with E-state index in [4.69, 9.17) is 5.84 Å². The van der Waals surface area contributed by atoms with Gasteiger partial charge in [-0.1, -0.05) is 18.2 Å². The minimum Gasteiger partial charge on any atom is -0.308 e. The monoisotopic (exact) mass is 268 g/mol. The van der Waals surface area contributed by atoms with Crippen LogP contribution in [0.2, 0.25) is 0 Å². The van der Waals surface area contributed by atoms with Crippen molar-refractivity contribution in [3.8, 4) is 0 Å². The zero-order valence-electron chi connectivity index (χ0n) is 11.2. The number of nitrogens with two attached hydrogens (primary N) is 1. The maximum Gasteiger partial charge on any atom is 0.262 e. The highest BCUT2D eigenvalue weighted by Crippen LogP contribution is 2.33. The van der Waals surface area contributed by atoms with Gasteiger partial charge in [0.15, 0.2) is 5.82 Å². The highest BCUT2D eigenvalue weighted by molar-refractivity contribution is 6.10. The van der Waals surface area contributed by atoms with E-state index in [1.807, 2.05) is 30.0 Å². The van der Waals surface area contributed by atoms with Crippen LogP contribution >= 0.6 is 0 Å². The van der Waals surface area contributed by atoms with Crippen LogP contribution in [-0.4, -0.2) is 16.9 Å². The Morgan fingerprint density at radius 1 is 1.35 bits per heavy atom. The number of carbonyl (C=O) groups excluding carboxylic acids is 1. The molecule has 0 saturated carbocycles. The Morgan fingerprint density at radius 2 is 2.15 bits per heavy atom. The molecule has 0 aliphatic carbocycles. The summed E-state index contributed by atoms with van der Waals surface area (Å²) in [6.45, 7) is 2.05. The molecule has 0 spiro atoms. The van der Waals surface area contributed by atoms with Crippen LogP contribution in [0, 0.1) is 0 Å². The molecular weight excluding hydrogens is 252 g/mol. The number of anilines is 2. The normalized spacial score (nSPS) is 16.9. The van der Waals surface area contributed by atoms with E-state index in [0.29, 0.717) is 11.4 Å². The van der Waals surface area contributed by atoms with Crippen molar-refractivity contribution in [3.63, 3.8) is 0 Å². The van der Waals surface area contributed by atoms with Gasteiger partial charge in [-0.15, -0.1) is 0 Å². The summed E-state index contributed by atoms with van der Waals surface area (Å²) in [5.41, 5.74) is 5.13. The molecule has 3 rings (SSSR count). The lowest BCUT2D eigenvalue weighted by Crippen LogP contribution is -2.36. The Hall–Kier alpha value is -2.40. The highest BCUT2D eigenvalue weighted by Gasteiger charge is 2.32. The number of hydrogen-bond donors (Lipinski definition) is 2. The minimum atomic E-state index is -0.0801. The molecule has 2 heterocycles. The summed E-state index contributed by atoms with van der Waals surface area (Å²) in [7, 11) is 0. The molecule has 1 aromatic carbocycles. The molecule has 1 aliphatic heterocycles. The smallest absolute Gasteiger partial charge is 0.262 e. The Labute approximate surface area is 117 Å². The fourth-order valence-corrected chi connectivity index (χ4v) is 2.70. The Bertz CT molecular complexity index is 656. The molecule has 102 valence electrons. The van der Waals surface area contributed by atoms with Crippen molar-refractivity contribution < 1.29 is 4.79 Å². The summed E-state index contributed by atoms with van der Waals surface area (Å²) in [5, 5.41) is 0. The van der Waals surface area contributed by atoms with Gasteiger partial charge < -0.3 is 10.3 Å². The summed E-state index contributed by atoms with van der Waals surface area (Å²) >= 11 is 0. The molecule has 1 unspecified atom stereocenters. The van der Waals surface area contributed by atoms with E-state index in [2.05, 4.69) is 16.5 Å². The fourth-order valence-electron chi connectivity index (χ4n) is 2.70. The average molecular weight is 268 g/mol. The van der Waals surface area contributed by atoms with Crippen molar-refractivity contribution in [2.75, 3.05) is 10.3 Å². The first-order valence-electron chi connectivity index (χ1n) is 6.55. The number of pyridine rings is 1. The number of nitrogens with one attached hydrogen (secondary N) is 1. The molecule has 2 aromatic rings. The standard InChI is InChI=1S/C15H16N4O/c1-10-9-11-5-2-3-7-13(11)19(10)15(20)12-6-4-8-17-14(12)18-16/h2-8,10H,9,16H2,1H3,(H,17,18). The van der Waals surface area contributed by atoms with Gasteiger partial charge in [-0.2, -0.15) is 0 Å². The van der Waals surface area contributed by atoms with Gasteiger partial charge in [0.05, 0.1) is 5.56 Å². The van der Waals surface area contributed by atoms with Crippen molar-refractivity contribution in [2.24, 2.45) is 5.84 Å². The van der Waals surface area contributed by atoms with Gasteiger partial charge in [-0.05, 0) is 37.1 Å². The first kappa shape index (κ1) is 12.6. The highest BCUT2D eigenvalue weighted by atomic mass is 16.2. The summed E-state index contributed by atoms with van der Waals surface area (Å²) in [5.74, 6) is 5.75. The molecule has 5 heteroatoms. The van der Waals surface area contributed by atoms with Crippen LogP contribution in [-0.2, 0) is 6.42 Å². The lowest BCUT2D eigenvalue weighted by Gasteiger charge is -2.23. The van der Waals surface area contributed by atoms with Gasteiger partial charge in [-0.25, -0.2) is 10.8 Å². The second kappa shape index (κ2) is 4.94. The second-order valence-corrected chi connectivity index (χ2v) is 4.90. The van der Waals surface area contributed by atoms with Crippen LogP contribution in [0.15, 0.2) is 42.6 Å². The molecule has 1 aromatic heterocycles. The summed E-state index contributed by atoms with van der Waals surface area (Å²) in [4.78, 5) is 18.7. The molecular formula is C15H16N4O. The number of fused-ring (bicyclic) bond motifs is 1. The van der Waals surface area contributed by atoms with Crippen LogP contribution in [0.5, 0.6) is 0 Å². The first-order valence-corrected chi connectivity index (χ1v) is 6.55. The van der Waals surface area contributed by atoms with Gasteiger partial charge in [-0.3, -0.25) is 4.79 Å². The van der Waals surface area contributed by atoms with E-state index in [1.54, 1.807) is 18.3 Å². The Morgan fingerprint density at radius 3 is 2.95 bits per heavy atom. The van der Waals surface area contributed by atoms with Gasteiger partial charge in [0.1, 0.15) is 0 Å². The number of aromatic nitrogens is 1. The van der Waals surface area contributed by atoms with Crippen LogP contribution in [0.1, 0.15) is 22.8 Å². The van der Waals surface area contributed by atoms with Crippen molar-refractivity contribution in [1.82, 2.24) is 4.98 Å². The number of para-hydroxylation sites is 1. The minimum absolute atomic E-state index is 0.0801. The van der Waals surface area contributed by atoms with Crippen LogP contribution < -0.4 is 16.2 Å².